The molecule has 0 spiro atoms. The van der Waals surface area contributed by atoms with Gasteiger partial charge in [0.25, 0.3) is 5.91 Å². The number of methoxy groups -OCH3 is 1. The zero-order valence-corrected chi connectivity index (χ0v) is 12.4. The summed E-state index contributed by atoms with van der Waals surface area (Å²) in [6, 6.07) is 6.80. The van der Waals surface area contributed by atoms with Crippen LogP contribution in [0.15, 0.2) is 24.3 Å². The largest absolute Gasteiger partial charge is 0.497 e. The third-order valence-electron chi connectivity index (χ3n) is 2.13. The molecule has 0 saturated carbocycles. The first-order chi connectivity index (χ1) is 8.81. The lowest BCUT2D eigenvalue weighted by atomic mass is 10.1. The van der Waals surface area contributed by atoms with Crippen molar-refractivity contribution in [2.75, 3.05) is 7.11 Å². The number of hydrogen-bond donors (Lipinski definition) is 3. The van der Waals surface area contributed by atoms with E-state index >= 15 is 0 Å². The quantitative estimate of drug-likeness (QED) is 0.568. The summed E-state index contributed by atoms with van der Waals surface area (Å²) in [6.07, 6.45) is 0. The van der Waals surface area contributed by atoms with E-state index in [9.17, 15) is 4.79 Å². The Morgan fingerprint density at radius 1 is 1.16 bits per heavy atom. The number of hydrazine groups is 1. The fourth-order valence-electron chi connectivity index (χ4n) is 1.30. The molecule has 0 heterocycles. The van der Waals surface area contributed by atoms with Gasteiger partial charge in [-0.3, -0.25) is 15.6 Å². The van der Waals surface area contributed by atoms with E-state index in [0.717, 1.165) is 0 Å². The smallest absolute Gasteiger partial charge is 0.269 e. The van der Waals surface area contributed by atoms with Crippen LogP contribution in [0, 0.1) is 0 Å². The zero-order chi connectivity index (χ0) is 14.5. The highest BCUT2D eigenvalue weighted by Gasteiger charge is 2.11. The van der Waals surface area contributed by atoms with Gasteiger partial charge in [0.1, 0.15) is 5.75 Å². The lowest BCUT2D eigenvalue weighted by Gasteiger charge is -2.23. The SMILES string of the molecule is COc1ccc(C(=O)NNC(=S)NC(C)(C)C)cc1. The predicted octanol–water partition coefficient (Wildman–Crippen LogP) is 1.60. The van der Waals surface area contributed by atoms with E-state index in [-0.39, 0.29) is 11.4 Å². The Morgan fingerprint density at radius 3 is 2.21 bits per heavy atom. The van der Waals surface area contributed by atoms with Crippen LogP contribution in [-0.2, 0) is 0 Å². The van der Waals surface area contributed by atoms with Crippen molar-refractivity contribution in [3.8, 4) is 5.75 Å². The van der Waals surface area contributed by atoms with Gasteiger partial charge in [-0.2, -0.15) is 0 Å². The standard InChI is InChI=1S/C13H19N3O2S/c1-13(2,3)14-12(19)16-15-11(17)9-5-7-10(18-4)8-6-9/h5-8H,1-4H3,(H,15,17)(H2,14,16,19). The average Bonchev–Trinajstić information content (AvgIpc) is 2.34. The zero-order valence-electron chi connectivity index (χ0n) is 11.5. The molecule has 1 aromatic rings. The van der Waals surface area contributed by atoms with Gasteiger partial charge in [0.05, 0.1) is 7.11 Å². The molecule has 0 fully saturated rings. The average molecular weight is 281 g/mol. The van der Waals surface area contributed by atoms with Crippen molar-refractivity contribution < 1.29 is 9.53 Å². The van der Waals surface area contributed by atoms with Crippen molar-refractivity contribution in [3.05, 3.63) is 29.8 Å². The number of rotatable bonds is 2. The summed E-state index contributed by atoms with van der Waals surface area (Å²) in [5.41, 5.74) is 5.54. The van der Waals surface area contributed by atoms with Crippen LogP contribution in [0.4, 0.5) is 0 Å². The lowest BCUT2D eigenvalue weighted by molar-refractivity contribution is 0.0943. The van der Waals surface area contributed by atoms with Crippen molar-refractivity contribution >= 4 is 23.2 Å². The third kappa shape index (κ3) is 5.56. The van der Waals surface area contributed by atoms with E-state index in [1.165, 1.54) is 0 Å². The monoisotopic (exact) mass is 281 g/mol. The Balaban J connectivity index is 2.49. The number of thiocarbonyl (C=S) groups is 1. The van der Waals surface area contributed by atoms with Crippen molar-refractivity contribution in [1.82, 2.24) is 16.2 Å². The molecule has 0 aliphatic carbocycles. The van der Waals surface area contributed by atoms with Crippen LogP contribution in [-0.4, -0.2) is 23.7 Å². The molecule has 0 atom stereocenters. The molecule has 0 unspecified atom stereocenters. The molecule has 5 nitrogen and oxygen atoms in total. The van der Waals surface area contributed by atoms with E-state index in [2.05, 4.69) is 16.2 Å². The van der Waals surface area contributed by atoms with Gasteiger partial charge in [-0.15, -0.1) is 0 Å². The number of hydrogen-bond acceptors (Lipinski definition) is 3. The fourth-order valence-corrected chi connectivity index (χ4v) is 1.66. The minimum Gasteiger partial charge on any atom is -0.497 e. The molecule has 0 aliphatic heterocycles. The first-order valence-electron chi connectivity index (χ1n) is 5.84. The molecule has 0 radical (unpaired) electrons. The van der Waals surface area contributed by atoms with Crippen molar-refractivity contribution in [1.29, 1.82) is 0 Å². The Morgan fingerprint density at radius 2 is 1.74 bits per heavy atom. The highest BCUT2D eigenvalue weighted by atomic mass is 32.1. The third-order valence-corrected chi connectivity index (χ3v) is 2.33. The second kappa shape index (κ2) is 6.38. The molecule has 1 amide bonds. The number of nitrogens with one attached hydrogen (secondary N) is 3. The van der Waals surface area contributed by atoms with Crippen LogP contribution in [0.5, 0.6) is 5.75 Å². The van der Waals surface area contributed by atoms with E-state index in [1.54, 1.807) is 31.4 Å². The molecule has 0 bridgehead atoms. The maximum Gasteiger partial charge on any atom is 0.269 e. The van der Waals surface area contributed by atoms with Crippen molar-refractivity contribution in [3.63, 3.8) is 0 Å². The van der Waals surface area contributed by atoms with Gasteiger partial charge in [-0.1, -0.05) is 0 Å². The Labute approximate surface area is 118 Å². The molecule has 0 aliphatic rings. The normalized spacial score (nSPS) is 10.5. The molecule has 6 heteroatoms. The Kier molecular flexibility index (Phi) is 5.11. The van der Waals surface area contributed by atoms with E-state index in [0.29, 0.717) is 16.4 Å². The summed E-state index contributed by atoms with van der Waals surface area (Å²) in [7, 11) is 1.58. The molecular weight excluding hydrogens is 262 g/mol. The van der Waals surface area contributed by atoms with Gasteiger partial charge in [0, 0.05) is 11.1 Å². The molecule has 1 rings (SSSR count). The van der Waals surface area contributed by atoms with Crippen molar-refractivity contribution in [2.45, 2.75) is 26.3 Å². The van der Waals surface area contributed by atoms with Gasteiger partial charge in [0.15, 0.2) is 5.11 Å². The van der Waals surface area contributed by atoms with Crippen LogP contribution < -0.4 is 20.9 Å². The van der Waals surface area contributed by atoms with Crippen molar-refractivity contribution in [2.24, 2.45) is 0 Å². The number of carbonyl (C=O) groups is 1. The molecule has 104 valence electrons. The summed E-state index contributed by atoms with van der Waals surface area (Å²) < 4.78 is 5.02. The lowest BCUT2D eigenvalue weighted by Crippen LogP contribution is -2.52. The number of carbonyl (C=O) groups excluding carboxylic acids is 1. The van der Waals surface area contributed by atoms with Crippen LogP contribution in [0.25, 0.3) is 0 Å². The maximum absolute atomic E-state index is 11.8. The minimum absolute atomic E-state index is 0.158. The van der Waals surface area contributed by atoms with E-state index < -0.39 is 0 Å². The number of ether oxygens (including phenoxy) is 1. The van der Waals surface area contributed by atoms with E-state index in [4.69, 9.17) is 17.0 Å². The summed E-state index contributed by atoms with van der Waals surface area (Å²) in [5, 5.41) is 3.40. The Bertz CT molecular complexity index is 452. The molecular formula is C13H19N3O2S. The van der Waals surface area contributed by atoms with Gasteiger partial charge >= 0.3 is 0 Å². The summed E-state index contributed by atoms with van der Waals surface area (Å²) in [6.45, 7) is 5.94. The summed E-state index contributed by atoms with van der Waals surface area (Å²) in [4.78, 5) is 11.8. The molecule has 0 saturated heterocycles. The van der Waals surface area contributed by atoms with E-state index in [1.807, 2.05) is 20.8 Å². The summed E-state index contributed by atoms with van der Waals surface area (Å²) in [5.74, 6) is 0.440. The first-order valence-corrected chi connectivity index (χ1v) is 6.25. The fraction of sp³-hybridized carbons (Fsp3) is 0.385. The highest BCUT2D eigenvalue weighted by Crippen LogP contribution is 2.10. The van der Waals surface area contributed by atoms with Crippen LogP contribution in [0.2, 0.25) is 0 Å². The van der Waals surface area contributed by atoms with Gasteiger partial charge in [-0.25, -0.2) is 0 Å². The second-order valence-electron chi connectivity index (χ2n) is 5.01. The highest BCUT2D eigenvalue weighted by molar-refractivity contribution is 7.80. The Hall–Kier alpha value is -1.82. The first kappa shape index (κ1) is 15.2. The topological polar surface area (TPSA) is 62.4 Å². The molecule has 3 N–H and O–H groups in total. The second-order valence-corrected chi connectivity index (χ2v) is 5.42. The molecule has 1 aromatic carbocycles. The summed E-state index contributed by atoms with van der Waals surface area (Å²) >= 11 is 5.05. The van der Waals surface area contributed by atoms with Gasteiger partial charge in [-0.05, 0) is 57.3 Å². The maximum atomic E-state index is 11.8. The molecule has 19 heavy (non-hydrogen) atoms. The minimum atomic E-state index is -0.263. The predicted molar refractivity (Wildman–Crippen MR) is 79.1 cm³/mol. The molecule has 0 aromatic heterocycles. The van der Waals surface area contributed by atoms with Crippen LogP contribution >= 0.6 is 12.2 Å². The number of amides is 1. The van der Waals surface area contributed by atoms with Crippen LogP contribution in [0.1, 0.15) is 31.1 Å². The van der Waals surface area contributed by atoms with Gasteiger partial charge in [0.2, 0.25) is 0 Å². The van der Waals surface area contributed by atoms with Gasteiger partial charge < -0.3 is 10.1 Å². The number of benzene rings is 1. The van der Waals surface area contributed by atoms with Crippen LogP contribution in [0.3, 0.4) is 0 Å².